The van der Waals surface area contributed by atoms with Gasteiger partial charge >= 0.3 is 11.8 Å². The molecule has 1 aromatic heterocycles. The number of rotatable bonds is 8. The van der Waals surface area contributed by atoms with Crippen LogP contribution in [0.2, 0.25) is 5.02 Å². The van der Waals surface area contributed by atoms with Gasteiger partial charge in [-0.1, -0.05) is 18.0 Å². The average Bonchev–Trinajstić information content (AvgIpc) is 2.70. The van der Waals surface area contributed by atoms with E-state index in [1.54, 1.807) is 6.92 Å². The van der Waals surface area contributed by atoms with E-state index in [-0.39, 0.29) is 16.8 Å². The van der Waals surface area contributed by atoms with E-state index in [1.165, 1.54) is 10.9 Å². The molecule has 0 aliphatic rings. The van der Waals surface area contributed by atoms with E-state index >= 15 is 0 Å². The lowest BCUT2D eigenvalue weighted by atomic mass is 10.2. The molecule has 0 fully saturated rings. The monoisotopic (exact) mass is 289 g/mol. The Balaban J connectivity index is 2.24. The van der Waals surface area contributed by atoms with Gasteiger partial charge in [0.15, 0.2) is 5.02 Å². The zero-order valence-electron chi connectivity index (χ0n) is 10.7. The number of esters is 1. The highest BCUT2D eigenvalue weighted by Crippen LogP contribution is 2.21. The number of nitrogens with zero attached hydrogens (tertiary/aromatic N) is 3. The van der Waals surface area contributed by atoms with E-state index in [0.29, 0.717) is 19.6 Å². The summed E-state index contributed by atoms with van der Waals surface area (Å²) in [6.45, 7) is 2.71. The summed E-state index contributed by atoms with van der Waals surface area (Å²) in [6, 6.07) is 0. The molecule has 1 heterocycles. The standard InChI is InChI=1S/C11H16ClN3O4/c1-2-19-10(16)6-4-3-5-7-14-8-9(12)11(13-14)15(17)18/h8H,2-7H2,1H3. The summed E-state index contributed by atoms with van der Waals surface area (Å²) in [4.78, 5) is 21.0. The molecule has 0 saturated carbocycles. The first-order chi connectivity index (χ1) is 9.04. The van der Waals surface area contributed by atoms with Crippen LogP contribution in [-0.2, 0) is 16.1 Å². The van der Waals surface area contributed by atoms with Crippen molar-refractivity contribution in [3.63, 3.8) is 0 Å². The van der Waals surface area contributed by atoms with Crippen LogP contribution in [0.5, 0.6) is 0 Å². The quantitative estimate of drug-likeness (QED) is 0.318. The van der Waals surface area contributed by atoms with Crippen LogP contribution in [0.15, 0.2) is 6.20 Å². The van der Waals surface area contributed by atoms with Crippen molar-refractivity contribution in [2.45, 2.75) is 39.2 Å². The minimum absolute atomic E-state index is 0.0384. The number of halogens is 1. The fourth-order valence-electron chi connectivity index (χ4n) is 1.58. The lowest BCUT2D eigenvalue weighted by Gasteiger charge is -2.01. The van der Waals surface area contributed by atoms with Crippen molar-refractivity contribution in [1.82, 2.24) is 9.78 Å². The third-order valence-electron chi connectivity index (χ3n) is 2.45. The smallest absolute Gasteiger partial charge is 0.408 e. The van der Waals surface area contributed by atoms with Crippen LogP contribution < -0.4 is 0 Å². The Hall–Kier alpha value is -1.63. The lowest BCUT2D eigenvalue weighted by molar-refractivity contribution is -0.389. The van der Waals surface area contributed by atoms with Crippen molar-refractivity contribution in [2.24, 2.45) is 0 Å². The van der Waals surface area contributed by atoms with Crippen LogP contribution >= 0.6 is 11.6 Å². The Labute approximate surface area is 115 Å². The average molecular weight is 290 g/mol. The van der Waals surface area contributed by atoms with Crippen molar-refractivity contribution >= 4 is 23.4 Å². The van der Waals surface area contributed by atoms with Gasteiger partial charge < -0.3 is 14.9 Å². The number of aryl methyl sites for hydroxylation is 1. The van der Waals surface area contributed by atoms with Crippen LogP contribution in [0.3, 0.4) is 0 Å². The third kappa shape index (κ3) is 5.25. The molecule has 0 aliphatic heterocycles. The number of hydrogen-bond donors (Lipinski definition) is 0. The minimum atomic E-state index is -0.612. The van der Waals surface area contributed by atoms with Crippen LogP contribution in [0, 0.1) is 10.1 Å². The van der Waals surface area contributed by atoms with Crippen molar-refractivity contribution in [1.29, 1.82) is 0 Å². The predicted octanol–water partition coefficient (Wildman–Crippen LogP) is 2.57. The molecule has 0 aliphatic carbocycles. The van der Waals surface area contributed by atoms with Crippen LogP contribution in [-0.4, -0.2) is 27.3 Å². The molecular weight excluding hydrogens is 274 g/mol. The number of ether oxygens (including phenoxy) is 1. The number of aromatic nitrogens is 2. The topological polar surface area (TPSA) is 87.3 Å². The second-order valence-electron chi connectivity index (χ2n) is 3.94. The number of carbonyl (C=O) groups excluding carboxylic acids is 1. The van der Waals surface area contributed by atoms with Gasteiger partial charge in [0.1, 0.15) is 0 Å². The molecule has 0 bridgehead atoms. The zero-order valence-corrected chi connectivity index (χ0v) is 11.4. The molecule has 0 atom stereocenters. The van der Waals surface area contributed by atoms with E-state index in [4.69, 9.17) is 16.3 Å². The first-order valence-electron chi connectivity index (χ1n) is 6.07. The maximum atomic E-state index is 11.1. The van der Waals surface area contributed by atoms with Crippen LogP contribution in [0.25, 0.3) is 0 Å². The molecule has 0 radical (unpaired) electrons. The lowest BCUT2D eigenvalue weighted by Crippen LogP contribution is -2.04. The van der Waals surface area contributed by atoms with Gasteiger partial charge in [0.25, 0.3) is 0 Å². The van der Waals surface area contributed by atoms with Crippen molar-refractivity contribution in [2.75, 3.05) is 6.61 Å². The van der Waals surface area contributed by atoms with E-state index in [9.17, 15) is 14.9 Å². The van der Waals surface area contributed by atoms with Gasteiger partial charge in [-0.05, 0) is 24.7 Å². The summed E-state index contributed by atoms with van der Waals surface area (Å²) < 4.78 is 6.25. The Kier molecular flexibility index (Phi) is 6.27. The highest BCUT2D eigenvalue weighted by Gasteiger charge is 2.18. The van der Waals surface area contributed by atoms with Gasteiger partial charge in [0, 0.05) is 6.42 Å². The summed E-state index contributed by atoms with van der Waals surface area (Å²) in [5.74, 6) is -0.520. The Morgan fingerprint density at radius 3 is 2.84 bits per heavy atom. The van der Waals surface area contributed by atoms with Gasteiger partial charge in [-0.25, -0.2) is 0 Å². The Morgan fingerprint density at radius 2 is 2.26 bits per heavy atom. The van der Waals surface area contributed by atoms with E-state index in [2.05, 4.69) is 5.10 Å². The number of carbonyl (C=O) groups is 1. The van der Waals surface area contributed by atoms with Crippen molar-refractivity contribution < 1.29 is 14.5 Å². The Bertz CT molecular complexity index is 447. The zero-order chi connectivity index (χ0) is 14.3. The molecular formula is C11H16ClN3O4. The fraction of sp³-hybridized carbons (Fsp3) is 0.636. The molecule has 0 spiro atoms. The number of hydrogen-bond acceptors (Lipinski definition) is 5. The first-order valence-corrected chi connectivity index (χ1v) is 6.45. The van der Waals surface area contributed by atoms with Gasteiger partial charge in [-0.3, -0.25) is 4.79 Å². The molecule has 7 nitrogen and oxygen atoms in total. The molecule has 8 heteroatoms. The van der Waals surface area contributed by atoms with E-state index in [0.717, 1.165) is 19.3 Å². The summed E-state index contributed by atoms with van der Waals surface area (Å²) in [7, 11) is 0. The van der Waals surface area contributed by atoms with Crippen LogP contribution in [0.4, 0.5) is 5.82 Å². The minimum Gasteiger partial charge on any atom is -0.466 e. The SMILES string of the molecule is CCOC(=O)CCCCCn1cc(Cl)c([N+](=O)[O-])n1. The normalized spacial score (nSPS) is 10.4. The summed E-state index contributed by atoms with van der Waals surface area (Å²) in [5.41, 5.74) is 0. The van der Waals surface area contributed by atoms with Gasteiger partial charge in [0.05, 0.1) is 24.4 Å². The Morgan fingerprint density at radius 1 is 1.53 bits per heavy atom. The van der Waals surface area contributed by atoms with Crippen molar-refractivity contribution in [3.8, 4) is 0 Å². The maximum Gasteiger partial charge on any atom is 0.408 e. The largest absolute Gasteiger partial charge is 0.466 e. The highest BCUT2D eigenvalue weighted by atomic mass is 35.5. The van der Waals surface area contributed by atoms with E-state index in [1.807, 2.05) is 0 Å². The molecule has 0 amide bonds. The third-order valence-corrected chi connectivity index (χ3v) is 2.71. The molecule has 0 aromatic carbocycles. The second-order valence-corrected chi connectivity index (χ2v) is 4.34. The molecule has 0 unspecified atom stereocenters. The summed E-state index contributed by atoms with van der Waals surface area (Å²) in [5, 5.41) is 14.3. The molecule has 1 aromatic rings. The van der Waals surface area contributed by atoms with Crippen LogP contribution in [0.1, 0.15) is 32.6 Å². The predicted molar refractivity (Wildman–Crippen MR) is 69.0 cm³/mol. The second kappa shape index (κ2) is 7.73. The molecule has 106 valence electrons. The van der Waals surface area contributed by atoms with Crippen molar-refractivity contribution in [3.05, 3.63) is 21.3 Å². The summed E-state index contributed by atoms with van der Waals surface area (Å²) in [6.07, 6.45) is 4.16. The van der Waals surface area contributed by atoms with Gasteiger partial charge in [-0.2, -0.15) is 4.68 Å². The molecule has 0 N–H and O–H groups in total. The fourth-order valence-corrected chi connectivity index (χ4v) is 1.80. The molecule has 19 heavy (non-hydrogen) atoms. The molecule has 0 saturated heterocycles. The number of nitro groups is 1. The summed E-state index contributed by atoms with van der Waals surface area (Å²) >= 11 is 5.67. The first kappa shape index (κ1) is 15.4. The number of unbranched alkanes of at least 4 members (excludes halogenated alkanes) is 2. The van der Waals surface area contributed by atoms with E-state index < -0.39 is 4.92 Å². The van der Waals surface area contributed by atoms with Gasteiger partial charge in [0.2, 0.25) is 0 Å². The highest BCUT2D eigenvalue weighted by molar-refractivity contribution is 6.32. The maximum absolute atomic E-state index is 11.1. The van der Waals surface area contributed by atoms with Gasteiger partial charge in [-0.15, -0.1) is 0 Å². The molecule has 1 rings (SSSR count).